The molecule has 148 valence electrons. The Labute approximate surface area is 170 Å². The van der Waals surface area contributed by atoms with Crippen molar-refractivity contribution in [2.24, 2.45) is 0 Å². The highest BCUT2D eigenvalue weighted by atomic mass is 16.2. The zero-order valence-electron chi connectivity index (χ0n) is 16.7. The molecule has 0 saturated carbocycles. The van der Waals surface area contributed by atoms with Gasteiger partial charge in [-0.25, -0.2) is 4.98 Å². The summed E-state index contributed by atoms with van der Waals surface area (Å²) in [7, 11) is 0. The Bertz CT molecular complexity index is 996. The Kier molecular flexibility index (Phi) is 6.24. The monoisotopic (exact) mass is 388 g/mol. The molecule has 1 aromatic heterocycles. The molecule has 3 aromatic rings. The molecule has 6 nitrogen and oxygen atoms in total. The predicted octanol–water partition coefficient (Wildman–Crippen LogP) is 5.16. The van der Waals surface area contributed by atoms with E-state index < -0.39 is 0 Å². The molecule has 0 spiro atoms. The summed E-state index contributed by atoms with van der Waals surface area (Å²) in [4.78, 5) is 27.9. The van der Waals surface area contributed by atoms with Crippen LogP contribution in [0, 0.1) is 0 Å². The fourth-order valence-corrected chi connectivity index (χ4v) is 2.78. The van der Waals surface area contributed by atoms with E-state index in [9.17, 15) is 9.59 Å². The summed E-state index contributed by atoms with van der Waals surface area (Å²) < 4.78 is 0. The van der Waals surface area contributed by atoms with E-state index in [0.29, 0.717) is 23.0 Å². The second-order valence-electron chi connectivity index (χ2n) is 7.04. The van der Waals surface area contributed by atoms with Gasteiger partial charge in [-0.2, -0.15) is 0 Å². The van der Waals surface area contributed by atoms with Crippen LogP contribution in [0.5, 0.6) is 0 Å². The largest absolute Gasteiger partial charge is 0.340 e. The van der Waals surface area contributed by atoms with E-state index in [1.807, 2.05) is 36.4 Å². The van der Waals surface area contributed by atoms with Gasteiger partial charge in [-0.05, 0) is 60.0 Å². The van der Waals surface area contributed by atoms with Crippen molar-refractivity contribution in [1.29, 1.82) is 0 Å². The summed E-state index contributed by atoms with van der Waals surface area (Å²) >= 11 is 0. The van der Waals surface area contributed by atoms with Gasteiger partial charge >= 0.3 is 0 Å². The van der Waals surface area contributed by atoms with Gasteiger partial charge in [0.05, 0.1) is 0 Å². The zero-order chi connectivity index (χ0) is 20.8. The number of hydrogen-bond donors (Lipinski definition) is 3. The van der Waals surface area contributed by atoms with Crippen molar-refractivity contribution >= 4 is 34.7 Å². The van der Waals surface area contributed by atoms with E-state index in [-0.39, 0.29) is 11.8 Å². The predicted molar refractivity (Wildman–Crippen MR) is 117 cm³/mol. The van der Waals surface area contributed by atoms with Crippen LogP contribution < -0.4 is 16.0 Å². The molecular formula is C23H24N4O2. The van der Waals surface area contributed by atoms with Crippen molar-refractivity contribution in [3.05, 3.63) is 78.0 Å². The first-order chi connectivity index (χ1) is 13.9. The normalized spacial score (nSPS) is 10.5. The van der Waals surface area contributed by atoms with Crippen molar-refractivity contribution in [3.8, 4) is 0 Å². The molecule has 1 heterocycles. The average Bonchev–Trinajstić information content (AvgIpc) is 2.70. The lowest BCUT2D eigenvalue weighted by Gasteiger charge is -2.10. The van der Waals surface area contributed by atoms with Gasteiger partial charge < -0.3 is 16.0 Å². The first-order valence-corrected chi connectivity index (χ1v) is 9.43. The molecule has 2 aromatic carbocycles. The summed E-state index contributed by atoms with van der Waals surface area (Å²) in [6.45, 7) is 5.73. The Morgan fingerprint density at radius 2 is 1.41 bits per heavy atom. The number of carbonyl (C=O) groups excluding carboxylic acids is 2. The molecule has 0 aliphatic carbocycles. The molecular weight excluding hydrogens is 364 g/mol. The van der Waals surface area contributed by atoms with Crippen molar-refractivity contribution in [3.63, 3.8) is 0 Å². The number of aromatic nitrogens is 1. The van der Waals surface area contributed by atoms with Crippen LogP contribution in [0.1, 0.15) is 42.6 Å². The van der Waals surface area contributed by atoms with Gasteiger partial charge in [0.25, 0.3) is 5.91 Å². The van der Waals surface area contributed by atoms with E-state index in [0.717, 1.165) is 11.4 Å². The van der Waals surface area contributed by atoms with Crippen molar-refractivity contribution in [2.75, 3.05) is 16.0 Å². The van der Waals surface area contributed by atoms with Crippen LogP contribution in [-0.2, 0) is 4.79 Å². The molecule has 6 heteroatoms. The molecule has 3 rings (SSSR count). The smallest absolute Gasteiger partial charge is 0.255 e. The second-order valence-corrected chi connectivity index (χ2v) is 7.04. The standard InChI is InChI=1S/C23H24N4O2/c1-15(2)17-4-6-21(7-5-17)27-23(29)18-12-13-24-22(14-18)26-20-10-8-19(9-11-20)25-16(3)28/h4-15H,1-3H3,(H,24,26)(H,25,28)(H,27,29). The average molecular weight is 388 g/mol. The van der Waals surface area contributed by atoms with E-state index in [4.69, 9.17) is 0 Å². The molecule has 3 N–H and O–H groups in total. The lowest BCUT2D eigenvalue weighted by Crippen LogP contribution is -2.12. The third-order valence-corrected chi connectivity index (χ3v) is 4.34. The summed E-state index contributed by atoms with van der Waals surface area (Å²) in [5.74, 6) is 0.680. The highest BCUT2D eigenvalue weighted by Crippen LogP contribution is 2.20. The maximum absolute atomic E-state index is 12.6. The number of nitrogens with one attached hydrogen (secondary N) is 3. The van der Waals surface area contributed by atoms with Crippen molar-refractivity contribution < 1.29 is 9.59 Å². The van der Waals surface area contributed by atoms with Gasteiger partial charge in [-0.15, -0.1) is 0 Å². The van der Waals surface area contributed by atoms with Crippen LogP contribution in [0.3, 0.4) is 0 Å². The third-order valence-electron chi connectivity index (χ3n) is 4.34. The molecule has 0 saturated heterocycles. The molecule has 0 atom stereocenters. The Morgan fingerprint density at radius 1 is 0.828 bits per heavy atom. The van der Waals surface area contributed by atoms with Crippen molar-refractivity contribution in [1.82, 2.24) is 4.98 Å². The van der Waals surface area contributed by atoms with Gasteiger partial charge in [0.2, 0.25) is 5.91 Å². The molecule has 0 radical (unpaired) electrons. The van der Waals surface area contributed by atoms with Gasteiger partial charge in [-0.3, -0.25) is 9.59 Å². The quantitative estimate of drug-likeness (QED) is 0.545. The first kappa shape index (κ1) is 20.1. The van der Waals surface area contributed by atoms with E-state index in [1.165, 1.54) is 12.5 Å². The van der Waals surface area contributed by atoms with Crippen LogP contribution in [0.25, 0.3) is 0 Å². The minimum Gasteiger partial charge on any atom is -0.340 e. The van der Waals surface area contributed by atoms with Crippen molar-refractivity contribution in [2.45, 2.75) is 26.7 Å². The number of pyridine rings is 1. The lowest BCUT2D eigenvalue weighted by molar-refractivity contribution is -0.114. The minimum atomic E-state index is -0.200. The van der Waals surface area contributed by atoms with Crippen LogP contribution in [0.2, 0.25) is 0 Å². The Morgan fingerprint density at radius 3 is 2.03 bits per heavy atom. The number of benzene rings is 2. The van der Waals surface area contributed by atoms with Gasteiger partial charge in [0.15, 0.2) is 0 Å². The second kappa shape index (κ2) is 9.01. The fraction of sp³-hybridized carbons (Fsp3) is 0.174. The number of anilines is 4. The summed E-state index contributed by atoms with van der Waals surface area (Å²) in [6, 6.07) is 18.5. The summed E-state index contributed by atoms with van der Waals surface area (Å²) in [5, 5.41) is 8.78. The zero-order valence-corrected chi connectivity index (χ0v) is 16.7. The lowest BCUT2D eigenvalue weighted by atomic mass is 10.0. The summed E-state index contributed by atoms with van der Waals surface area (Å²) in [5.41, 5.74) is 3.99. The number of nitrogens with zero attached hydrogens (tertiary/aromatic N) is 1. The number of hydrogen-bond acceptors (Lipinski definition) is 4. The van der Waals surface area contributed by atoms with Crippen LogP contribution in [0.4, 0.5) is 22.9 Å². The van der Waals surface area contributed by atoms with Gasteiger partial charge in [0, 0.05) is 35.7 Å². The number of carbonyl (C=O) groups is 2. The highest BCUT2D eigenvalue weighted by molar-refractivity contribution is 6.04. The van der Waals surface area contributed by atoms with E-state index in [2.05, 4.69) is 34.8 Å². The molecule has 0 fully saturated rings. The minimum absolute atomic E-state index is 0.120. The topological polar surface area (TPSA) is 83.1 Å². The first-order valence-electron chi connectivity index (χ1n) is 9.43. The number of amides is 2. The summed E-state index contributed by atoms with van der Waals surface area (Å²) in [6.07, 6.45) is 1.59. The maximum Gasteiger partial charge on any atom is 0.255 e. The fourth-order valence-electron chi connectivity index (χ4n) is 2.78. The van der Waals surface area contributed by atoms with Gasteiger partial charge in [0.1, 0.15) is 5.82 Å². The van der Waals surface area contributed by atoms with Crippen LogP contribution in [-0.4, -0.2) is 16.8 Å². The Hall–Kier alpha value is -3.67. The van der Waals surface area contributed by atoms with E-state index >= 15 is 0 Å². The molecule has 0 aliphatic heterocycles. The Balaban J connectivity index is 1.66. The van der Waals surface area contributed by atoms with E-state index in [1.54, 1.807) is 30.5 Å². The van der Waals surface area contributed by atoms with Crippen LogP contribution in [0.15, 0.2) is 66.9 Å². The molecule has 0 bridgehead atoms. The molecule has 0 aliphatic rings. The SMILES string of the molecule is CC(=O)Nc1ccc(Nc2cc(C(=O)Nc3ccc(C(C)C)cc3)ccn2)cc1. The van der Waals surface area contributed by atoms with Crippen LogP contribution >= 0.6 is 0 Å². The number of rotatable bonds is 6. The molecule has 0 unspecified atom stereocenters. The highest BCUT2D eigenvalue weighted by Gasteiger charge is 2.08. The van der Waals surface area contributed by atoms with Gasteiger partial charge in [-0.1, -0.05) is 26.0 Å². The maximum atomic E-state index is 12.6. The third kappa shape index (κ3) is 5.65. The molecule has 2 amide bonds. The molecule has 29 heavy (non-hydrogen) atoms.